The van der Waals surface area contributed by atoms with Gasteiger partial charge in [0.05, 0.1) is 10.6 Å². The molecule has 7 heteroatoms. The SMILES string of the molecule is CC(=O)c1sc(NC(=O)C(Cl)Cl)nc1C. The number of anilines is 1. The molecule has 0 aliphatic rings. The van der Waals surface area contributed by atoms with Gasteiger partial charge in [-0.05, 0) is 6.92 Å². The molecule has 1 N–H and O–H groups in total. The Labute approximate surface area is 101 Å². The predicted octanol–water partition coefficient (Wildman–Crippen LogP) is 2.40. The Balaban J connectivity index is 2.84. The lowest BCUT2D eigenvalue weighted by Crippen LogP contribution is -2.18. The van der Waals surface area contributed by atoms with Crippen molar-refractivity contribution in [2.45, 2.75) is 18.7 Å². The van der Waals surface area contributed by atoms with Crippen molar-refractivity contribution in [1.29, 1.82) is 0 Å². The minimum Gasteiger partial charge on any atom is -0.300 e. The van der Waals surface area contributed by atoms with Crippen LogP contribution in [-0.4, -0.2) is 21.5 Å². The number of thiazole rings is 1. The molecular formula is C8H8Cl2N2O2S. The predicted molar refractivity (Wildman–Crippen MR) is 61.0 cm³/mol. The van der Waals surface area contributed by atoms with Gasteiger partial charge >= 0.3 is 0 Å². The number of hydrogen-bond acceptors (Lipinski definition) is 4. The number of Topliss-reactive ketones (excluding diaryl/α,β-unsaturated/α-hetero) is 1. The van der Waals surface area contributed by atoms with Gasteiger partial charge in [-0.25, -0.2) is 4.98 Å². The molecule has 1 heterocycles. The molecule has 1 aromatic rings. The van der Waals surface area contributed by atoms with Crippen molar-refractivity contribution in [2.24, 2.45) is 0 Å². The summed E-state index contributed by atoms with van der Waals surface area (Å²) in [7, 11) is 0. The van der Waals surface area contributed by atoms with E-state index in [2.05, 4.69) is 10.3 Å². The average Bonchev–Trinajstić information content (AvgIpc) is 2.46. The summed E-state index contributed by atoms with van der Waals surface area (Å²) in [6, 6.07) is 0. The number of ketones is 1. The van der Waals surface area contributed by atoms with E-state index in [1.807, 2.05) is 0 Å². The van der Waals surface area contributed by atoms with E-state index in [4.69, 9.17) is 23.2 Å². The second-order valence-corrected chi connectivity index (χ2v) is 4.88. The minimum absolute atomic E-state index is 0.0844. The van der Waals surface area contributed by atoms with Crippen LogP contribution < -0.4 is 5.32 Å². The molecule has 4 nitrogen and oxygen atoms in total. The monoisotopic (exact) mass is 266 g/mol. The van der Waals surface area contributed by atoms with Gasteiger partial charge in [0.2, 0.25) is 0 Å². The van der Waals surface area contributed by atoms with Gasteiger partial charge in [0, 0.05) is 6.92 Å². The van der Waals surface area contributed by atoms with E-state index in [0.29, 0.717) is 15.7 Å². The highest BCUT2D eigenvalue weighted by molar-refractivity contribution is 7.17. The summed E-state index contributed by atoms with van der Waals surface area (Å²) in [5, 5.41) is 2.74. The molecule has 0 aliphatic carbocycles. The van der Waals surface area contributed by atoms with Crippen molar-refractivity contribution in [1.82, 2.24) is 4.98 Å². The maximum absolute atomic E-state index is 11.1. The lowest BCUT2D eigenvalue weighted by atomic mass is 10.3. The number of nitrogens with one attached hydrogen (secondary N) is 1. The summed E-state index contributed by atoms with van der Waals surface area (Å²) in [4.78, 5) is 25.6. The third-order valence-electron chi connectivity index (χ3n) is 1.54. The summed E-state index contributed by atoms with van der Waals surface area (Å²) in [5.74, 6) is -0.638. The smallest absolute Gasteiger partial charge is 0.259 e. The highest BCUT2D eigenvalue weighted by atomic mass is 35.5. The lowest BCUT2D eigenvalue weighted by molar-refractivity contribution is -0.114. The molecule has 0 bridgehead atoms. The van der Waals surface area contributed by atoms with E-state index in [1.165, 1.54) is 6.92 Å². The van der Waals surface area contributed by atoms with E-state index in [-0.39, 0.29) is 5.78 Å². The van der Waals surface area contributed by atoms with Gasteiger partial charge in [0.25, 0.3) is 5.91 Å². The Morgan fingerprint density at radius 3 is 2.47 bits per heavy atom. The highest BCUT2D eigenvalue weighted by Gasteiger charge is 2.16. The summed E-state index contributed by atoms with van der Waals surface area (Å²) in [6.45, 7) is 3.14. The first-order valence-electron chi connectivity index (χ1n) is 3.99. The van der Waals surface area contributed by atoms with Gasteiger partial charge in [-0.3, -0.25) is 14.9 Å². The fourth-order valence-corrected chi connectivity index (χ4v) is 1.91. The molecule has 0 spiro atoms. The maximum Gasteiger partial charge on any atom is 0.259 e. The molecule has 0 saturated heterocycles. The molecule has 0 unspecified atom stereocenters. The summed E-state index contributed by atoms with van der Waals surface area (Å²) >= 11 is 11.8. The number of rotatable bonds is 3. The topological polar surface area (TPSA) is 59.1 Å². The number of amides is 1. The first-order chi connectivity index (χ1) is 6.91. The van der Waals surface area contributed by atoms with Crippen LogP contribution in [0.25, 0.3) is 0 Å². The summed E-state index contributed by atoms with van der Waals surface area (Å²) < 4.78 is 0. The molecule has 0 saturated carbocycles. The summed E-state index contributed by atoms with van der Waals surface area (Å²) in [5.41, 5.74) is 0.587. The second kappa shape index (κ2) is 4.92. The molecular weight excluding hydrogens is 259 g/mol. The van der Waals surface area contributed by atoms with Crippen LogP contribution in [0.4, 0.5) is 5.13 Å². The number of nitrogens with zero attached hydrogens (tertiary/aromatic N) is 1. The Morgan fingerprint density at radius 1 is 1.47 bits per heavy atom. The van der Waals surface area contributed by atoms with Crippen LogP contribution in [0.15, 0.2) is 0 Å². The third kappa shape index (κ3) is 3.15. The first-order valence-corrected chi connectivity index (χ1v) is 5.68. The normalized spacial score (nSPS) is 10.5. The zero-order valence-corrected chi connectivity index (χ0v) is 10.3. The highest BCUT2D eigenvalue weighted by Crippen LogP contribution is 2.23. The largest absolute Gasteiger partial charge is 0.300 e. The number of halogens is 2. The second-order valence-electron chi connectivity index (χ2n) is 2.78. The van der Waals surface area contributed by atoms with E-state index in [1.54, 1.807) is 6.92 Å². The van der Waals surface area contributed by atoms with Crippen LogP contribution in [0.5, 0.6) is 0 Å². The molecule has 82 valence electrons. The van der Waals surface area contributed by atoms with Gasteiger partial charge < -0.3 is 0 Å². The van der Waals surface area contributed by atoms with Crippen molar-refractivity contribution >= 4 is 51.4 Å². The number of carbonyl (C=O) groups excluding carboxylic acids is 2. The molecule has 0 atom stereocenters. The molecule has 1 aromatic heterocycles. The Kier molecular flexibility index (Phi) is 4.07. The number of carbonyl (C=O) groups is 2. The molecule has 0 aromatic carbocycles. The van der Waals surface area contributed by atoms with Crippen molar-refractivity contribution in [3.63, 3.8) is 0 Å². The van der Waals surface area contributed by atoms with Crippen LogP contribution >= 0.6 is 34.5 Å². The van der Waals surface area contributed by atoms with Crippen LogP contribution in [-0.2, 0) is 4.79 Å². The van der Waals surface area contributed by atoms with E-state index >= 15 is 0 Å². The lowest BCUT2D eigenvalue weighted by Gasteiger charge is -1.99. The fraction of sp³-hybridized carbons (Fsp3) is 0.375. The molecule has 0 radical (unpaired) electrons. The van der Waals surface area contributed by atoms with Crippen molar-refractivity contribution in [2.75, 3.05) is 5.32 Å². The van der Waals surface area contributed by atoms with Crippen LogP contribution in [0.3, 0.4) is 0 Å². The van der Waals surface area contributed by atoms with Gasteiger partial charge in [-0.15, -0.1) is 0 Å². The molecule has 1 rings (SSSR count). The minimum atomic E-state index is -1.14. The average molecular weight is 267 g/mol. The number of aryl methyl sites for hydroxylation is 1. The van der Waals surface area contributed by atoms with Crippen LogP contribution in [0.1, 0.15) is 22.3 Å². The fourth-order valence-electron chi connectivity index (χ4n) is 0.936. The van der Waals surface area contributed by atoms with E-state index in [0.717, 1.165) is 11.3 Å². The van der Waals surface area contributed by atoms with Gasteiger partial charge in [0.1, 0.15) is 0 Å². The molecule has 0 aliphatic heterocycles. The van der Waals surface area contributed by atoms with Gasteiger partial charge in [-0.2, -0.15) is 0 Å². The standard InChI is InChI=1S/C8H8Cl2N2O2S/c1-3-5(4(2)13)15-8(11-3)12-7(14)6(9)10/h6H,1-2H3,(H,11,12,14). The number of hydrogen-bond donors (Lipinski definition) is 1. The first kappa shape index (κ1) is 12.4. The van der Waals surface area contributed by atoms with Gasteiger partial charge in [0.15, 0.2) is 15.8 Å². The molecule has 0 fully saturated rings. The Morgan fingerprint density at radius 2 is 2.07 bits per heavy atom. The molecule has 15 heavy (non-hydrogen) atoms. The van der Waals surface area contributed by atoms with Crippen molar-refractivity contribution < 1.29 is 9.59 Å². The molecule has 1 amide bonds. The van der Waals surface area contributed by atoms with E-state index < -0.39 is 10.7 Å². The third-order valence-corrected chi connectivity index (χ3v) is 3.11. The van der Waals surface area contributed by atoms with Crippen LogP contribution in [0.2, 0.25) is 0 Å². The van der Waals surface area contributed by atoms with Gasteiger partial charge in [-0.1, -0.05) is 34.5 Å². The Hall–Kier alpha value is -0.650. The number of aromatic nitrogens is 1. The quantitative estimate of drug-likeness (QED) is 0.675. The zero-order valence-electron chi connectivity index (χ0n) is 8.01. The zero-order chi connectivity index (χ0) is 11.6. The number of alkyl halides is 2. The Bertz CT molecular complexity index is 403. The van der Waals surface area contributed by atoms with Crippen molar-refractivity contribution in [3.8, 4) is 0 Å². The summed E-state index contributed by atoms with van der Waals surface area (Å²) in [6.07, 6.45) is 0. The van der Waals surface area contributed by atoms with Crippen LogP contribution in [0, 0.1) is 6.92 Å². The maximum atomic E-state index is 11.1. The van der Waals surface area contributed by atoms with E-state index in [9.17, 15) is 9.59 Å². The van der Waals surface area contributed by atoms with Crippen molar-refractivity contribution in [3.05, 3.63) is 10.6 Å².